The molecule has 21 heavy (non-hydrogen) atoms. The van der Waals surface area contributed by atoms with Crippen molar-refractivity contribution in [3.63, 3.8) is 0 Å². The van der Waals surface area contributed by atoms with E-state index in [0.29, 0.717) is 6.04 Å². The Labute approximate surface area is 128 Å². The standard InChI is InChI=1S/C18H28N2O/c21-13-11-14-7-9-15(10-8-14)20-18-5-2-1-4-16(18)17-6-3-12-19-17/h7-10,16-21H,1-6,11-13H2. The molecule has 1 aromatic carbocycles. The number of benzene rings is 1. The zero-order valence-electron chi connectivity index (χ0n) is 12.9. The van der Waals surface area contributed by atoms with Crippen molar-refractivity contribution in [3.8, 4) is 0 Å². The highest BCUT2D eigenvalue weighted by Gasteiger charge is 2.33. The minimum atomic E-state index is 0.227. The number of nitrogens with one attached hydrogen (secondary N) is 2. The zero-order valence-corrected chi connectivity index (χ0v) is 12.9. The molecule has 3 heteroatoms. The first kappa shape index (κ1) is 14.9. The molecule has 2 fully saturated rings. The quantitative estimate of drug-likeness (QED) is 0.780. The lowest BCUT2D eigenvalue weighted by atomic mass is 9.79. The van der Waals surface area contributed by atoms with Crippen LogP contribution < -0.4 is 10.6 Å². The second-order valence-electron chi connectivity index (χ2n) is 6.57. The number of anilines is 1. The van der Waals surface area contributed by atoms with E-state index < -0.39 is 0 Å². The molecule has 1 saturated carbocycles. The highest BCUT2D eigenvalue weighted by atomic mass is 16.2. The van der Waals surface area contributed by atoms with E-state index in [1.165, 1.54) is 56.3 Å². The molecule has 3 N–H and O–H groups in total. The molecular formula is C18H28N2O. The highest BCUT2D eigenvalue weighted by molar-refractivity contribution is 5.45. The van der Waals surface area contributed by atoms with E-state index in [1.54, 1.807) is 0 Å². The van der Waals surface area contributed by atoms with E-state index in [0.717, 1.165) is 18.4 Å². The van der Waals surface area contributed by atoms with Crippen molar-refractivity contribution in [1.82, 2.24) is 5.32 Å². The third kappa shape index (κ3) is 3.78. The van der Waals surface area contributed by atoms with Crippen molar-refractivity contribution < 1.29 is 5.11 Å². The van der Waals surface area contributed by atoms with Gasteiger partial charge in [0.25, 0.3) is 0 Å². The van der Waals surface area contributed by atoms with Gasteiger partial charge >= 0.3 is 0 Å². The summed E-state index contributed by atoms with van der Waals surface area (Å²) < 4.78 is 0. The van der Waals surface area contributed by atoms with Crippen LogP contribution in [0.1, 0.15) is 44.1 Å². The Morgan fingerprint density at radius 3 is 2.57 bits per heavy atom. The van der Waals surface area contributed by atoms with Crippen LogP contribution in [0.4, 0.5) is 5.69 Å². The molecule has 1 aliphatic heterocycles. The van der Waals surface area contributed by atoms with Crippen LogP contribution in [0.5, 0.6) is 0 Å². The molecule has 3 rings (SSSR count). The molecule has 0 amide bonds. The average molecular weight is 288 g/mol. The molecule has 1 saturated heterocycles. The van der Waals surface area contributed by atoms with Gasteiger partial charge in [-0.1, -0.05) is 25.0 Å². The predicted octanol–water partition coefficient (Wildman–Crippen LogP) is 2.94. The normalized spacial score (nSPS) is 29.5. The van der Waals surface area contributed by atoms with E-state index in [4.69, 9.17) is 5.11 Å². The first-order chi connectivity index (χ1) is 10.4. The van der Waals surface area contributed by atoms with Crippen LogP contribution in [-0.2, 0) is 6.42 Å². The summed E-state index contributed by atoms with van der Waals surface area (Å²) in [5.74, 6) is 0.776. The Kier molecular flexibility index (Phi) is 5.15. The number of aliphatic hydroxyl groups is 1. The summed E-state index contributed by atoms with van der Waals surface area (Å²) in [5.41, 5.74) is 2.44. The molecule has 1 aromatic rings. The van der Waals surface area contributed by atoms with Crippen molar-refractivity contribution in [3.05, 3.63) is 29.8 Å². The van der Waals surface area contributed by atoms with E-state index in [9.17, 15) is 0 Å². The number of hydrogen-bond donors (Lipinski definition) is 3. The van der Waals surface area contributed by atoms with Gasteiger partial charge in [-0.15, -0.1) is 0 Å². The summed E-state index contributed by atoms with van der Waals surface area (Å²) in [7, 11) is 0. The Bertz CT molecular complexity index is 425. The molecule has 116 valence electrons. The number of rotatable bonds is 5. The maximum absolute atomic E-state index is 8.98. The first-order valence-electron chi connectivity index (χ1n) is 8.56. The first-order valence-corrected chi connectivity index (χ1v) is 8.56. The fourth-order valence-electron chi connectivity index (χ4n) is 4.01. The monoisotopic (exact) mass is 288 g/mol. The van der Waals surface area contributed by atoms with Crippen LogP contribution in [0.25, 0.3) is 0 Å². The zero-order chi connectivity index (χ0) is 14.5. The topological polar surface area (TPSA) is 44.3 Å². The molecule has 0 aromatic heterocycles. The van der Waals surface area contributed by atoms with Crippen molar-refractivity contribution in [2.24, 2.45) is 5.92 Å². The number of hydrogen-bond acceptors (Lipinski definition) is 3. The fourth-order valence-corrected chi connectivity index (χ4v) is 4.01. The molecule has 3 nitrogen and oxygen atoms in total. The molecule has 0 spiro atoms. The summed E-state index contributed by atoms with van der Waals surface area (Å²) in [4.78, 5) is 0. The minimum absolute atomic E-state index is 0.227. The van der Waals surface area contributed by atoms with Gasteiger partial charge in [-0.05, 0) is 62.3 Å². The van der Waals surface area contributed by atoms with Crippen LogP contribution in [0, 0.1) is 5.92 Å². The lowest BCUT2D eigenvalue weighted by Gasteiger charge is -2.36. The van der Waals surface area contributed by atoms with Crippen LogP contribution in [-0.4, -0.2) is 30.3 Å². The number of aliphatic hydroxyl groups excluding tert-OH is 1. The lowest BCUT2D eigenvalue weighted by molar-refractivity contribution is 0.263. The maximum atomic E-state index is 8.98. The van der Waals surface area contributed by atoms with Gasteiger partial charge in [0.15, 0.2) is 0 Å². The molecule has 2 aliphatic rings. The molecule has 1 heterocycles. The summed E-state index contributed by atoms with van der Waals surface area (Å²) >= 11 is 0. The van der Waals surface area contributed by atoms with Gasteiger partial charge in [-0.2, -0.15) is 0 Å². The van der Waals surface area contributed by atoms with E-state index in [2.05, 4.69) is 34.9 Å². The Morgan fingerprint density at radius 2 is 1.86 bits per heavy atom. The average Bonchev–Trinajstić information content (AvgIpc) is 3.04. The van der Waals surface area contributed by atoms with Gasteiger partial charge in [-0.25, -0.2) is 0 Å². The molecule has 0 radical (unpaired) electrons. The van der Waals surface area contributed by atoms with Crippen LogP contribution >= 0.6 is 0 Å². The van der Waals surface area contributed by atoms with Gasteiger partial charge in [0, 0.05) is 24.4 Å². The van der Waals surface area contributed by atoms with Crippen LogP contribution in [0.2, 0.25) is 0 Å². The van der Waals surface area contributed by atoms with Crippen molar-refractivity contribution >= 4 is 5.69 Å². The molecule has 3 atom stereocenters. The lowest BCUT2D eigenvalue weighted by Crippen LogP contribution is -2.43. The predicted molar refractivity (Wildman–Crippen MR) is 87.6 cm³/mol. The van der Waals surface area contributed by atoms with Gasteiger partial charge in [0.05, 0.1) is 0 Å². The fraction of sp³-hybridized carbons (Fsp3) is 0.667. The van der Waals surface area contributed by atoms with E-state index in [1.807, 2.05) is 0 Å². The second-order valence-corrected chi connectivity index (χ2v) is 6.57. The van der Waals surface area contributed by atoms with Gasteiger partial charge < -0.3 is 15.7 Å². The molecule has 0 bridgehead atoms. The summed E-state index contributed by atoms with van der Waals surface area (Å²) in [6.07, 6.45) is 8.82. The molecule has 3 unspecified atom stereocenters. The van der Waals surface area contributed by atoms with Crippen LogP contribution in [0.3, 0.4) is 0 Å². The molecular weight excluding hydrogens is 260 g/mol. The van der Waals surface area contributed by atoms with Crippen molar-refractivity contribution in [2.45, 2.75) is 57.0 Å². The minimum Gasteiger partial charge on any atom is -0.396 e. The highest BCUT2D eigenvalue weighted by Crippen LogP contribution is 2.32. The van der Waals surface area contributed by atoms with Crippen LogP contribution in [0.15, 0.2) is 24.3 Å². The van der Waals surface area contributed by atoms with Crippen molar-refractivity contribution in [1.29, 1.82) is 0 Å². The van der Waals surface area contributed by atoms with Gasteiger partial charge in [0.2, 0.25) is 0 Å². The molecule has 1 aliphatic carbocycles. The SMILES string of the molecule is OCCc1ccc(NC2CCCCC2C2CCCN2)cc1. The summed E-state index contributed by atoms with van der Waals surface area (Å²) in [6, 6.07) is 9.92. The Balaban J connectivity index is 1.63. The third-order valence-electron chi connectivity index (χ3n) is 5.14. The van der Waals surface area contributed by atoms with E-state index >= 15 is 0 Å². The summed E-state index contributed by atoms with van der Waals surface area (Å²) in [5, 5.41) is 16.5. The smallest absolute Gasteiger partial charge is 0.0471 e. The van der Waals surface area contributed by atoms with Gasteiger partial charge in [0.1, 0.15) is 0 Å². The van der Waals surface area contributed by atoms with Gasteiger partial charge in [-0.3, -0.25) is 0 Å². The second kappa shape index (κ2) is 7.28. The summed E-state index contributed by atoms with van der Waals surface area (Å²) in [6.45, 7) is 1.43. The Morgan fingerprint density at radius 1 is 1.05 bits per heavy atom. The maximum Gasteiger partial charge on any atom is 0.0471 e. The third-order valence-corrected chi connectivity index (χ3v) is 5.14. The van der Waals surface area contributed by atoms with E-state index in [-0.39, 0.29) is 6.61 Å². The Hall–Kier alpha value is -1.06. The largest absolute Gasteiger partial charge is 0.396 e. The van der Waals surface area contributed by atoms with Crippen molar-refractivity contribution in [2.75, 3.05) is 18.5 Å².